The zero-order valence-electron chi connectivity index (χ0n) is 27.0. The first-order valence-electron chi connectivity index (χ1n) is 16.6. The highest BCUT2D eigenvalue weighted by Gasteiger charge is 2.20. The molecule has 11 nitrogen and oxygen atoms in total. The number of benzene rings is 2. The van der Waals surface area contributed by atoms with Crippen LogP contribution in [0.25, 0.3) is 55.2 Å². The Morgan fingerprint density at radius 1 is 0.735 bits per heavy atom. The molecule has 0 aliphatic carbocycles. The summed E-state index contributed by atoms with van der Waals surface area (Å²) in [6.07, 6.45) is 9.56. The number of nitrogens with zero attached hydrogens (tertiary/aromatic N) is 7. The van der Waals surface area contributed by atoms with Crippen molar-refractivity contribution in [3.05, 3.63) is 109 Å². The monoisotopic (exact) mass is 650 g/mol. The van der Waals surface area contributed by atoms with E-state index in [4.69, 9.17) is 9.72 Å². The maximum absolute atomic E-state index is 12.9. The van der Waals surface area contributed by atoms with Crippen LogP contribution in [0.3, 0.4) is 0 Å². The van der Waals surface area contributed by atoms with Gasteiger partial charge in [-0.05, 0) is 81.4 Å². The first kappa shape index (κ1) is 30.4. The van der Waals surface area contributed by atoms with Crippen LogP contribution in [0.5, 0.6) is 0 Å². The predicted molar refractivity (Wildman–Crippen MR) is 190 cm³/mol. The lowest BCUT2D eigenvalue weighted by Crippen LogP contribution is -2.33. The summed E-state index contributed by atoms with van der Waals surface area (Å²) >= 11 is 0. The Kier molecular flexibility index (Phi) is 8.02. The number of rotatable bonds is 6. The molecule has 0 radical (unpaired) electrons. The number of esters is 1. The summed E-state index contributed by atoms with van der Waals surface area (Å²) in [5.41, 5.74) is 7.99. The van der Waals surface area contributed by atoms with Gasteiger partial charge in [0.05, 0.1) is 45.3 Å². The third-order valence-electron chi connectivity index (χ3n) is 8.99. The average Bonchev–Trinajstić information content (AvgIpc) is 3.89. The number of nitrogens with one attached hydrogen (secondary N) is 1. The number of hydrogen-bond donors (Lipinski definition) is 1. The van der Waals surface area contributed by atoms with Crippen molar-refractivity contribution in [2.45, 2.75) is 19.8 Å². The number of ether oxygens (including phenoxy) is 1. The molecule has 6 aromatic heterocycles. The molecule has 1 amide bonds. The van der Waals surface area contributed by atoms with Gasteiger partial charge in [0.25, 0.3) is 5.91 Å². The van der Waals surface area contributed by atoms with Gasteiger partial charge in [0, 0.05) is 48.6 Å². The molecule has 1 aliphatic rings. The normalized spacial score (nSPS) is 13.4. The standard InChI is InChI=1S/C21H21N5O.C17H13N3O2/c27-21(23-9-12-25-10-3-4-11-25)16-13-15-14-22-8-7-18(15)26-19-6-2-1-5-17(19)24-20(16)26;1-2-22-17(21)12-9-11-10-18-8-7-14(11)20-15-6-4-3-5-13(15)19-16(12)20/h1-2,5-8,13-14H,3-4,9-12H2,(H,23,27);3-10H,2H2,1H3. The molecule has 0 bridgehead atoms. The second-order valence-corrected chi connectivity index (χ2v) is 12.0. The van der Waals surface area contributed by atoms with Crippen LogP contribution in [0.15, 0.2) is 97.6 Å². The Labute approximate surface area is 281 Å². The van der Waals surface area contributed by atoms with Gasteiger partial charge < -0.3 is 15.0 Å². The fraction of sp³-hybridized carbons (Fsp3) is 0.211. The number of carbonyl (C=O) groups is 2. The molecule has 1 N–H and O–H groups in total. The van der Waals surface area contributed by atoms with E-state index in [1.165, 1.54) is 12.8 Å². The van der Waals surface area contributed by atoms with E-state index in [0.29, 0.717) is 35.6 Å². The van der Waals surface area contributed by atoms with Crippen molar-refractivity contribution in [2.75, 3.05) is 32.8 Å². The molecule has 9 rings (SSSR count). The van der Waals surface area contributed by atoms with E-state index >= 15 is 0 Å². The number of hydrogen-bond acceptors (Lipinski definition) is 8. The van der Waals surface area contributed by atoms with E-state index in [-0.39, 0.29) is 11.9 Å². The summed E-state index contributed by atoms with van der Waals surface area (Å²) in [7, 11) is 0. The molecule has 7 heterocycles. The second-order valence-electron chi connectivity index (χ2n) is 12.0. The van der Waals surface area contributed by atoms with E-state index in [0.717, 1.165) is 63.5 Å². The largest absolute Gasteiger partial charge is 0.462 e. The van der Waals surface area contributed by atoms with Crippen molar-refractivity contribution in [3.63, 3.8) is 0 Å². The Morgan fingerprint density at radius 2 is 1.29 bits per heavy atom. The number of imidazole rings is 2. The van der Waals surface area contributed by atoms with Crippen LogP contribution in [0, 0.1) is 0 Å². The molecular formula is C38H34N8O3. The molecule has 2 aromatic carbocycles. The number of para-hydroxylation sites is 4. The topological polar surface area (TPSA) is 119 Å². The van der Waals surface area contributed by atoms with Gasteiger partial charge in [0.2, 0.25) is 0 Å². The quantitative estimate of drug-likeness (QED) is 0.215. The predicted octanol–water partition coefficient (Wildman–Crippen LogP) is 6.07. The van der Waals surface area contributed by atoms with Crippen LogP contribution in [0.1, 0.15) is 40.5 Å². The fourth-order valence-corrected chi connectivity index (χ4v) is 6.72. The molecule has 0 atom stereocenters. The summed E-state index contributed by atoms with van der Waals surface area (Å²) < 4.78 is 9.21. The summed E-state index contributed by atoms with van der Waals surface area (Å²) in [6, 6.07) is 23.4. The molecule has 0 spiro atoms. The summed E-state index contributed by atoms with van der Waals surface area (Å²) in [5.74, 6) is -0.450. The Morgan fingerprint density at radius 3 is 1.88 bits per heavy atom. The lowest BCUT2D eigenvalue weighted by atomic mass is 10.1. The van der Waals surface area contributed by atoms with Crippen LogP contribution in [0.4, 0.5) is 0 Å². The molecule has 1 saturated heterocycles. The highest BCUT2D eigenvalue weighted by Crippen LogP contribution is 2.27. The second kappa shape index (κ2) is 12.9. The van der Waals surface area contributed by atoms with E-state index in [2.05, 4.69) is 29.6 Å². The van der Waals surface area contributed by atoms with E-state index in [9.17, 15) is 9.59 Å². The number of fused-ring (bicyclic) bond motifs is 10. The van der Waals surface area contributed by atoms with Gasteiger partial charge in [0.15, 0.2) is 11.3 Å². The van der Waals surface area contributed by atoms with Crippen molar-refractivity contribution >= 4 is 67.0 Å². The number of pyridine rings is 4. The summed E-state index contributed by atoms with van der Waals surface area (Å²) in [4.78, 5) is 45.4. The van der Waals surface area contributed by atoms with Gasteiger partial charge in [-0.2, -0.15) is 0 Å². The van der Waals surface area contributed by atoms with Gasteiger partial charge in [-0.3, -0.25) is 23.6 Å². The lowest BCUT2D eigenvalue weighted by Gasteiger charge is -2.15. The van der Waals surface area contributed by atoms with E-state index < -0.39 is 0 Å². The van der Waals surface area contributed by atoms with Gasteiger partial charge in [0.1, 0.15) is 5.56 Å². The van der Waals surface area contributed by atoms with Crippen molar-refractivity contribution in [1.82, 2.24) is 39.0 Å². The summed E-state index contributed by atoms with van der Waals surface area (Å²) in [6.45, 7) is 5.93. The third kappa shape index (κ3) is 5.57. The highest BCUT2D eigenvalue weighted by atomic mass is 16.5. The minimum Gasteiger partial charge on any atom is -0.462 e. The first-order valence-corrected chi connectivity index (χ1v) is 16.6. The molecule has 0 saturated carbocycles. The Bertz CT molecular complexity index is 2510. The zero-order valence-corrected chi connectivity index (χ0v) is 27.0. The van der Waals surface area contributed by atoms with Crippen LogP contribution in [-0.2, 0) is 4.74 Å². The van der Waals surface area contributed by atoms with Crippen LogP contribution in [-0.4, -0.2) is 78.3 Å². The maximum Gasteiger partial charge on any atom is 0.341 e. The van der Waals surface area contributed by atoms with Gasteiger partial charge in [-0.15, -0.1) is 0 Å². The molecule has 11 heteroatoms. The smallest absolute Gasteiger partial charge is 0.341 e. The van der Waals surface area contributed by atoms with Crippen molar-refractivity contribution < 1.29 is 14.3 Å². The van der Waals surface area contributed by atoms with Gasteiger partial charge >= 0.3 is 5.97 Å². The zero-order chi connectivity index (χ0) is 33.3. The average molecular weight is 651 g/mol. The molecule has 1 aliphatic heterocycles. The highest BCUT2D eigenvalue weighted by molar-refractivity contribution is 6.06. The number of carbonyl (C=O) groups excluding carboxylic acids is 2. The SMILES string of the molecule is CCOC(=O)c1cc2cnccc2n2c1nc1ccccc12.O=C(NCCN1CCCC1)c1cc2cnccc2n2c1nc1ccccc12. The Hall–Kier alpha value is -5.94. The van der Waals surface area contributed by atoms with E-state index in [1.54, 1.807) is 37.8 Å². The molecule has 8 aromatic rings. The van der Waals surface area contributed by atoms with E-state index in [1.807, 2.05) is 71.1 Å². The fourth-order valence-electron chi connectivity index (χ4n) is 6.72. The maximum atomic E-state index is 12.9. The molecule has 244 valence electrons. The number of likely N-dealkylation sites (tertiary alicyclic amines) is 1. The summed E-state index contributed by atoms with van der Waals surface area (Å²) in [5, 5.41) is 4.88. The van der Waals surface area contributed by atoms with Gasteiger partial charge in [-0.25, -0.2) is 14.8 Å². The minimum atomic E-state index is -0.367. The van der Waals surface area contributed by atoms with Crippen molar-refractivity contribution in [2.24, 2.45) is 0 Å². The number of amides is 1. The molecular weight excluding hydrogens is 616 g/mol. The lowest BCUT2D eigenvalue weighted by molar-refractivity contribution is 0.0528. The first-order chi connectivity index (χ1) is 24.1. The molecule has 0 unspecified atom stereocenters. The number of aromatic nitrogens is 6. The van der Waals surface area contributed by atoms with Crippen LogP contribution < -0.4 is 5.32 Å². The molecule has 49 heavy (non-hydrogen) atoms. The minimum absolute atomic E-state index is 0.0831. The van der Waals surface area contributed by atoms with Crippen LogP contribution >= 0.6 is 0 Å². The van der Waals surface area contributed by atoms with Crippen molar-refractivity contribution in [1.29, 1.82) is 0 Å². The van der Waals surface area contributed by atoms with Gasteiger partial charge in [-0.1, -0.05) is 24.3 Å². The third-order valence-corrected chi connectivity index (χ3v) is 8.99. The van der Waals surface area contributed by atoms with Crippen molar-refractivity contribution in [3.8, 4) is 0 Å². The Balaban J connectivity index is 0.000000145. The van der Waals surface area contributed by atoms with Crippen LogP contribution in [0.2, 0.25) is 0 Å². The molecule has 1 fully saturated rings.